The van der Waals surface area contributed by atoms with Crippen molar-refractivity contribution in [3.05, 3.63) is 36.3 Å². The number of hydrogen-bond donors (Lipinski definition) is 0. The number of furan rings is 1. The van der Waals surface area contributed by atoms with Crippen LogP contribution >= 0.6 is 0 Å². The maximum atomic E-state index is 13.6. The van der Waals surface area contributed by atoms with Gasteiger partial charge in [-0.1, -0.05) is 26.0 Å². The first-order valence-corrected chi connectivity index (χ1v) is 9.26. The first-order valence-electron chi connectivity index (χ1n) is 9.26. The summed E-state index contributed by atoms with van der Waals surface area (Å²) >= 11 is 0. The number of ether oxygens (including phenoxy) is 2. The standard InChI is InChI=1S/C20H21NO6/c1-9-15(12-5-4-8-26-12)21-17(10(2)16(9)22)20-7-6-11(27-20)13(19(24)25-3)14(20)18(21)23/h4-11,13-15,17H,1-3H3/t9-,10+,11+,13+,14-,15-,17+,20+/m0/s1. The van der Waals surface area contributed by atoms with E-state index in [1.165, 1.54) is 7.11 Å². The van der Waals surface area contributed by atoms with Gasteiger partial charge in [-0.3, -0.25) is 14.4 Å². The van der Waals surface area contributed by atoms with E-state index in [1.54, 1.807) is 23.3 Å². The van der Waals surface area contributed by atoms with Crippen molar-refractivity contribution in [2.75, 3.05) is 7.11 Å². The molecule has 7 nitrogen and oxygen atoms in total. The van der Waals surface area contributed by atoms with Gasteiger partial charge in [0.1, 0.15) is 23.1 Å². The second-order valence-electron chi connectivity index (χ2n) is 7.95. The predicted octanol–water partition coefficient (Wildman–Crippen LogP) is 1.50. The van der Waals surface area contributed by atoms with Gasteiger partial charge in [0.05, 0.1) is 37.5 Å². The zero-order valence-electron chi connectivity index (χ0n) is 15.3. The van der Waals surface area contributed by atoms with E-state index in [9.17, 15) is 14.4 Å². The van der Waals surface area contributed by atoms with Crippen molar-refractivity contribution in [1.82, 2.24) is 4.90 Å². The highest BCUT2D eigenvalue weighted by molar-refractivity contribution is 5.96. The van der Waals surface area contributed by atoms with E-state index < -0.39 is 53.4 Å². The second-order valence-corrected chi connectivity index (χ2v) is 7.95. The fourth-order valence-corrected chi connectivity index (χ4v) is 5.77. The zero-order valence-corrected chi connectivity index (χ0v) is 15.3. The van der Waals surface area contributed by atoms with Crippen LogP contribution in [0.2, 0.25) is 0 Å². The molecule has 0 saturated carbocycles. The Morgan fingerprint density at radius 1 is 1.26 bits per heavy atom. The number of Topliss-reactive ketones (excluding diaryl/α,β-unsaturated/α-hetero) is 1. The summed E-state index contributed by atoms with van der Waals surface area (Å²) in [5.74, 6) is -2.15. The Hall–Kier alpha value is -2.41. The van der Waals surface area contributed by atoms with E-state index in [1.807, 2.05) is 26.0 Å². The van der Waals surface area contributed by atoms with Crippen LogP contribution < -0.4 is 0 Å². The summed E-state index contributed by atoms with van der Waals surface area (Å²) in [6.45, 7) is 3.67. The Labute approximate surface area is 156 Å². The van der Waals surface area contributed by atoms with Crippen molar-refractivity contribution in [2.24, 2.45) is 23.7 Å². The molecule has 0 aliphatic carbocycles. The summed E-state index contributed by atoms with van der Waals surface area (Å²) in [5.41, 5.74) is -0.972. The maximum absolute atomic E-state index is 13.6. The van der Waals surface area contributed by atoms with E-state index in [0.717, 1.165) is 0 Å². The molecule has 1 amide bonds. The molecule has 4 aliphatic rings. The van der Waals surface area contributed by atoms with E-state index in [4.69, 9.17) is 13.9 Å². The molecule has 5 rings (SSSR count). The number of methoxy groups -OCH3 is 1. The van der Waals surface area contributed by atoms with Crippen LogP contribution in [-0.4, -0.2) is 47.4 Å². The molecule has 1 aromatic rings. The van der Waals surface area contributed by atoms with Crippen LogP contribution in [0.4, 0.5) is 0 Å². The highest BCUT2D eigenvalue weighted by Gasteiger charge is 2.75. The highest BCUT2D eigenvalue weighted by atomic mass is 16.5. The van der Waals surface area contributed by atoms with Crippen LogP contribution in [0.5, 0.6) is 0 Å². The molecule has 3 fully saturated rings. The number of rotatable bonds is 2. The maximum Gasteiger partial charge on any atom is 0.312 e. The van der Waals surface area contributed by atoms with E-state index in [0.29, 0.717) is 5.76 Å². The molecule has 0 N–H and O–H groups in total. The Balaban J connectivity index is 1.67. The lowest BCUT2D eigenvalue weighted by Crippen LogP contribution is -2.58. The highest BCUT2D eigenvalue weighted by Crippen LogP contribution is 2.60. The summed E-state index contributed by atoms with van der Waals surface area (Å²) in [7, 11) is 1.32. The number of esters is 1. The van der Waals surface area contributed by atoms with Gasteiger partial charge in [0.15, 0.2) is 0 Å². The molecule has 8 atom stereocenters. The Morgan fingerprint density at radius 2 is 2.04 bits per heavy atom. The normalized spacial score (nSPS) is 44.6. The lowest BCUT2D eigenvalue weighted by atomic mass is 9.69. The van der Waals surface area contributed by atoms with Crippen molar-refractivity contribution >= 4 is 17.7 Å². The Morgan fingerprint density at radius 3 is 2.70 bits per heavy atom. The van der Waals surface area contributed by atoms with Crippen molar-refractivity contribution in [3.63, 3.8) is 0 Å². The zero-order chi connectivity index (χ0) is 19.1. The lowest BCUT2D eigenvalue weighted by molar-refractivity contribution is -0.157. The molecular weight excluding hydrogens is 350 g/mol. The van der Waals surface area contributed by atoms with E-state index in [2.05, 4.69) is 0 Å². The summed E-state index contributed by atoms with van der Waals surface area (Å²) in [6, 6.07) is 2.56. The van der Waals surface area contributed by atoms with Gasteiger partial charge in [0.25, 0.3) is 0 Å². The number of hydrogen-bond acceptors (Lipinski definition) is 6. The average molecular weight is 371 g/mol. The molecule has 27 heavy (non-hydrogen) atoms. The second kappa shape index (κ2) is 5.32. The lowest BCUT2D eigenvalue weighted by Gasteiger charge is -2.46. The third kappa shape index (κ3) is 1.83. The predicted molar refractivity (Wildman–Crippen MR) is 91.2 cm³/mol. The fourth-order valence-electron chi connectivity index (χ4n) is 5.77. The summed E-state index contributed by atoms with van der Waals surface area (Å²) in [6.07, 6.45) is 4.76. The largest absolute Gasteiger partial charge is 0.469 e. The number of piperidine rings is 1. The van der Waals surface area contributed by atoms with Gasteiger partial charge >= 0.3 is 5.97 Å². The molecule has 0 unspecified atom stereocenters. The van der Waals surface area contributed by atoms with Gasteiger partial charge in [-0.2, -0.15) is 0 Å². The van der Waals surface area contributed by atoms with Gasteiger partial charge in [-0.25, -0.2) is 0 Å². The monoisotopic (exact) mass is 371 g/mol. The van der Waals surface area contributed by atoms with Crippen molar-refractivity contribution in [1.29, 1.82) is 0 Å². The molecule has 4 aliphatic heterocycles. The molecule has 2 bridgehead atoms. The molecule has 0 aromatic carbocycles. The van der Waals surface area contributed by atoms with Crippen LogP contribution in [0, 0.1) is 23.7 Å². The molecule has 7 heteroatoms. The van der Waals surface area contributed by atoms with Crippen LogP contribution in [0.25, 0.3) is 0 Å². The first-order chi connectivity index (χ1) is 12.9. The average Bonchev–Trinajstić information content (AvgIpc) is 3.42. The van der Waals surface area contributed by atoms with Crippen LogP contribution in [0.15, 0.2) is 35.0 Å². The molecule has 1 aromatic heterocycles. The number of amides is 1. The van der Waals surface area contributed by atoms with Crippen LogP contribution in [0.1, 0.15) is 25.6 Å². The minimum Gasteiger partial charge on any atom is -0.469 e. The molecule has 142 valence electrons. The van der Waals surface area contributed by atoms with Gasteiger partial charge in [0, 0.05) is 11.8 Å². The third-order valence-corrected chi connectivity index (χ3v) is 6.82. The first kappa shape index (κ1) is 16.7. The number of ketones is 1. The van der Waals surface area contributed by atoms with Crippen molar-refractivity contribution < 1.29 is 28.3 Å². The van der Waals surface area contributed by atoms with Crippen LogP contribution in [0.3, 0.4) is 0 Å². The molecular formula is C20H21NO6. The molecule has 1 spiro atoms. The topological polar surface area (TPSA) is 86.1 Å². The SMILES string of the molecule is COC(=O)[C@H]1[C@H]2C(=O)N3[C@H](c4ccco4)[C@H](C)C(=O)[C@@H](C)[C@@H]3[C@@]23C=C[C@H]1O3. The van der Waals surface area contributed by atoms with E-state index >= 15 is 0 Å². The fraction of sp³-hybridized carbons (Fsp3) is 0.550. The number of nitrogens with zero attached hydrogens (tertiary/aromatic N) is 1. The molecule has 3 saturated heterocycles. The molecule has 0 radical (unpaired) electrons. The smallest absolute Gasteiger partial charge is 0.312 e. The Kier molecular flexibility index (Phi) is 3.30. The summed E-state index contributed by atoms with van der Waals surface area (Å²) in [4.78, 5) is 40.8. The quantitative estimate of drug-likeness (QED) is 0.578. The molecule has 5 heterocycles. The van der Waals surface area contributed by atoms with E-state index in [-0.39, 0.29) is 11.7 Å². The third-order valence-electron chi connectivity index (χ3n) is 6.82. The number of carbonyl (C=O) groups is 3. The summed E-state index contributed by atoms with van der Waals surface area (Å²) in [5, 5.41) is 0. The minimum atomic E-state index is -0.972. The van der Waals surface area contributed by atoms with Gasteiger partial charge in [-0.05, 0) is 12.1 Å². The van der Waals surface area contributed by atoms with Crippen molar-refractivity contribution in [3.8, 4) is 0 Å². The van der Waals surface area contributed by atoms with Gasteiger partial charge < -0.3 is 18.8 Å². The minimum absolute atomic E-state index is 0.0717. The summed E-state index contributed by atoms with van der Waals surface area (Å²) < 4.78 is 16.8. The number of fused-ring (bicyclic) bond motifs is 2. The van der Waals surface area contributed by atoms with Gasteiger partial charge in [0.2, 0.25) is 5.91 Å². The van der Waals surface area contributed by atoms with Crippen molar-refractivity contribution in [2.45, 2.75) is 37.6 Å². The number of carbonyl (C=O) groups excluding carboxylic acids is 3. The van der Waals surface area contributed by atoms with Gasteiger partial charge in [-0.15, -0.1) is 0 Å². The Bertz CT molecular complexity index is 860. The van der Waals surface area contributed by atoms with Crippen LogP contribution in [-0.2, 0) is 23.9 Å².